The summed E-state index contributed by atoms with van der Waals surface area (Å²) in [5.41, 5.74) is 1.99. The van der Waals surface area contributed by atoms with Crippen molar-refractivity contribution < 1.29 is 20.4 Å². The average molecular weight is 441 g/mol. The van der Waals surface area contributed by atoms with Gasteiger partial charge in [-0.2, -0.15) is 0 Å². The van der Waals surface area contributed by atoms with E-state index in [-0.39, 0.29) is 23.0 Å². The summed E-state index contributed by atoms with van der Waals surface area (Å²) in [6, 6.07) is 9.63. The quantitative estimate of drug-likeness (QED) is 0.161. The smallest absolute Gasteiger partial charge is 0.119 e. The second-order valence-corrected chi connectivity index (χ2v) is 8.80. The zero-order chi connectivity index (χ0) is 23.0. The molecule has 0 spiro atoms. The molecule has 32 heavy (non-hydrogen) atoms. The van der Waals surface area contributed by atoms with Gasteiger partial charge in [-0.3, -0.25) is 0 Å². The molecule has 0 amide bonds. The molecule has 0 aromatic heterocycles. The molecule has 2 aromatic rings. The van der Waals surface area contributed by atoms with Crippen LogP contribution in [0, 0.1) is 0 Å². The van der Waals surface area contributed by atoms with Gasteiger partial charge in [-0.05, 0) is 80.3 Å². The third kappa shape index (κ3) is 11.7. The molecule has 4 nitrogen and oxygen atoms in total. The van der Waals surface area contributed by atoms with Gasteiger partial charge in [0.05, 0.1) is 0 Å². The number of aryl methyl sites for hydroxylation is 2. The molecule has 0 radical (unpaired) electrons. The van der Waals surface area contributed by atoms with Gasteiger partial charge in [0.1, 0.15) is 23.0 Å². The van der Waals surface area contributed by atoms with Gasteiger partial charge in [-0.1, -0.05) is 57.1 Å². The number of phenolic OH excluding ortho intramolecular Hbond substituents is 4. The fourth-order valence-electron chi connectivity index (χ4n) is 4.09. The number of benzene rings is 2. The molecule has 0 unspecified atom stereocenters. The van der Waals surface area contributed by atoms with Crippen LogP contribution >= 0.6 is 0 Å². The lowest BCUT2D eigenvalue weighted by Gasteiger charge is -2.04. The van der Waals surface area contributed by atoms with Gasteiger partial charge in [0, 0.05) is 12.1 Å². The van der Waals surface area contributed by atoms with Crippen LogP contribution < -0.4 is 0 Å². The lowest BCUT2D eigenvalue weighted by molar-refractivity contribution is 0.448. The highest BCUT2D eigenvalue weighted by molar-refractivity contribution is 5.37. The van der Waals surface area contributed by atoms with E-state index in [1.54, 1.807) is 24.3 Å². The summed E-state index contributed by atoms with van der Waals surface area (Å²) in [4.78, 5) is 0. The van der Waals surface area contributed by atoms with Crippen LogP contribution in [0.3, 0.4) is 0 Å². The maximum atomic E-state index is 9.50. The first-order valence-corrected chi connectivity index (χ1v) is 12.2. The van der Waals surface area contributed by atoms with Gasteiger partial charge in [0.15, 0.2) is 0 Å². The van der Waals surface area contributed by atoms with E-state index in [4.69, 9.17) is 0 Å². The Balaban J connectivity index is 1.35. The van der Waals surface area contributed by atoms with Crippen LogP contribution in [0.5, 0.6) is 23.0 Å². The molecule has 0 fully saturated rings. The molecule has 4 N–H and O–H groups in total. The average Bonchev–Trinajstić information content (AvgIpc) is 2.72. The minimum Gasteiger partial charge on any atom is -0.508 e. The molecule has 2 rings (SSSR count). The highest BCUT2D eigenvalue weighted by atomic mass is 16.3. The minimum absolute atomic E-state index is 0.127. The predicted octanol–water partition coefficient (Wildman–Crippen LogP) is 7.53. The summed E-state index contributed by atoms with van der Waals surface area (Å²) in [5, 5.41) is 38.0. The van der Waals surface area contributed by atoms with Crippen molar-refractivity contribution in [2.45, 2.75) is 89.9 Å². The Bertz CT molecular complexity index is 773. The highest BCUT2D eigenvalue weighted by Crippen LogP contribution is 2.23. The second-order valence-electron chi connectivity index (χ2n) is 8.80. The van der Waals surface area contributed by atoms with Crippen molar-refractivity contribution in [2.24, 2.45) is 0 Å². The summed E-state index contributed by atoms with van der Waals surface area (Å²) in [7, 11) is 0. The predicted molar refractivity (Wildman–Crippen MR) is 131 cm³/mol. The SMILES string of the molecule is Oc1cc(O)cc(CCC/C=C\CCCCCCCCCCCc2cc(O)cc(O)c2)c1. The largest absolute Gasteiger partial charge is 0.508 e. The Kier molecular flexibility index (Phi) is 12.2. The molecule has 0 saturated carbocycles. The van der Waals surface area contributed by atoms with E-state index in [0.29, 0.717) is 0 Å². The maximum Gasteiger partial charge on any atom is 0.119 e. The van der Waals surface area contributed by atoms with Gasteiger partial charge in [-0.15, -0.1) is 0 Å². The molecule has 0 aliphatic heterocycles. The van der Waals surface area contributed by atoms with Crippen LogP contribution in [0.1, 0.15) is 88.2 Å². The van der Waals surface area contributed by atoms with Gasteiger partial charge < -0.3 is 20.4 Å². The second kappa shape index (κ2) is 15.2. The highest BCUT2D eigenvalue weighted by Gasteiger charge is 2.00. The number of hydrogen-bond acceptors (Lipinski definition) is 4. The summed E-state index contributed by atoms with van der Waals surface area (Å²) < 4.78 is 0. The van der Waals surface area contributed by atoms with E-state index in [1.807, 2.05) is 0 Å². The molecule has 0 heterocycles. The molecule has 176 valence electrons. The first-order valence-electron chi connectivity index (χ1n) is 12.2. The van der Waals surface area contributed by atoms with Crippen LogP contribution in [-0.2, 0) is 12.8 Å². The summed E-state index contributed by atoms with van der Waals surface area (Å²) in [6.45, 7) is 0. The lowest BCUT2D eigenvalue weighted by atomic mass is 10.0. The Morgan fingerprint density at radius 2 is 0.750 bits per heavy atom. The van der Waals surface area contributed by atoms with E-state index in [9.17, 15) is 20.4 Å². The number of allylic oxidation sites excluding steroid dienone is 2. The number of aromatic hydroxyl groups is 4. The standard InChI is InChI=1S/C28H40O4/c29-25-17-23(18-26(30)21-25)15-13-11-9-7-5-3-1-2-4-6-8-10-12-14-16-24-19-27(31)22-28(32)20-24/h7,9,17-22,29-32H,1-6,8,10-16H2/b9-7-. The topological polar surface area (TPSA) is 80.9 Å². The van der Waals surface area contributed by atoms with Crippen molar-refractivity contribution in [1.29, 1.82) is 0 Å². The molecule has 0 saturated heterocycles. The number of phenols is 4. The molecule has 2 aromatic carbocycles. The van der Waals surface area contributed by atoms with E-state index in [2.05, 4.69) is 12.2 Å². The van der Waals surface area contributed by atoms with Crippen molar-refractivity contribution in [3.8, 4) is 23.0 Å². The molecule has 0 aliphatic rings. The van der Waals surface area contributed by atoms with Crippen LogP contribution in [0.15, 0.2) is 48.6 Å². The number of hydrogen-bond donors (Lipinski definition) is 4. The van der Waals surface area contributed by atoms with Crippen LogP contribution in [0.2, 0.25) is 0 Å². The number of unbranched alkanes of at least 4 members (excludes halogenated alkanes) is 10. The summed E-state index contributed by atoms with van der Waals surface area (Å²) in [6.07, 6.45) is 20.9. The lowest BCUT2D eigenvalue weighted by Crippen LogP contribution is -1.87. The van der Waals surface area contributed by atoms with E-state index >= 15 is 0 Å². The molecule has 4 heteroatoms. The normalized spacial score (nSPS) is 11.4. The van der Waals surface area contributed by atoms with Crippen LogP contribution in [0.4, 0.5) is 0 Å². The molecular weight excluding hydrogens is 400 g/mol. The Morgan fingerprint density at radius 3 is 1.22 bits per heavy atom. The van der Waals surface area contributed by atoms with Gasteiger partial charge in [0.2, 0.25) is 0 Å². The fraction of sp³-hybridized carbons (Fsp3) is 0.500. The Labute approximate surface area is 193 Å². The summed E-state index contributed by atoms with van der Waals surface area (Å²) >= 11 is 0. The summed E-state index contributed by atoms with van der Waals surface area (Å²) in [5.74, 6) is 0.537. The Morgan fingerprint density at radius 1 is 0.406 bits per heavy atom. The van der Waals surface area contributed by atoms with Crippen molar-refractivity contribution in [2.75, 3.05) is 0 Å². The third-order valence-electron chi connectivity index (χ3n) is 5.76. The zero-order valence-electron chi connectivity index (χ0n) is 19.3. The van der Waals surface area contributed by atoms with Crippen LogP contribution in [0.25, 0.3) is 0 Å². The molecule has 0 aliphatic carbocycles. The van der Waals surface area contributed by atoms with Gasteiger partial charge in [-0.25, -0.2) is 0 Å². The van der Waals surface area contributed by atoms with E-state index in [1.165, 1.54) is 63.5 Å². The van der Waals surface area contributed by atoms with Gasteiger partial charge >= 0.3 is 0 Å². The van der Waals surface area contributed by atoms with Crippen LogP contribution in [-0.4, -0.2) is 20.4 Å². The third-order valence-corrected chi connectivity index (χ3v) is 5.76. The van der Waals surface area contributed by atoms with Crippen molar-refractivity contribution in [3.63, 3.8) is 0 Å². The van der Waals surface area contributed by atoms with Gasteiger partial charge in [0.25, 0.3) is 0 Å². The minimum atomic E-state index is 0.127. The number of rotatable bonds is 16. The first-order chi connectivity index (χ1) is 15.5. The zero-order valence-corrected chi connectivity index (χ0v) is 19.3. The van der Waals surface area contributed by atoms with E-state index < -0.39 is 0 Å². The Hall–Kier alpha value is -2.62. The molecule has 0 atom stereocenters. The maximum absolute atomic E-state index is 9.50. The van der Waals surface area contributed by atoms with Crippen molar-refractivity contribution >= 4 is 0 Å². The molecule has 0 bridgehead atoms. The molecular formula is C28H40O4. The van der Waals surface area contributed by atoms with Crippen molar-refractivity contribution in [3.05, 3.63) is 59.7 Å². The monoisotopic (exact) mass is 440 g/mol. The fourth-order valence-corrected chi connectivity index (χ4v) is 4.09. The van der Waals surface area contributed by atoms with E-state index in [0.717, 1.165) is 49.7 Å². The van der Waals surface area contributed by atoms with Crippen molar-refractivity contribution in [1.82, 2.24) is 0 Å². The first kappa shape index (κ1) is 25.6.